The summed E-state index contributed by atoms with van der Waals surface area (Å²) in [6.07, 6.45) is 0.848. The molecule has 1 saturated heterocycles. The van der Waals surface area contributed by atoms with E-state index in [1.54, 1.807) is 41.2 Å². The summed E-state index contributed by atoms with van der Waals surface area (Å²) in [5.41, 5.74) is 1.95. The summed E-state index contributed by atoms with van der Waals surface area (Å²) in [7, 11) is 1.55. The van der Waals surface area contributed by atoms with Gasteiger partial charge in [-0.3, -0.25) is 14.4 Å². The van der Waals surface area contributed by atoms with E-state index in [1.165, 1.54) is 0 Å². The molecule has 9 nitrogen and oxygen atoms in total. The molecule has 2 aliphatic rings. The van der Waals surface area contributed by atoms with Crippen molar-refractivity contribution in [2.75, 3.05) is 58.1 Å². The van der Waals surface area contributed by atoms with Crippen LogP contribution in [-0.2, 0) is 14.3 Å². The molecule has 1 fully saturated rings. The van der Waals surface area contributed by atoms with E-state index in [-0.39, 0.29) is 30.8 Å². The number of hydrogen-bond acceptors (Lipinski definition) is 7. The van der Waals surface area contributed by atoms with Crippen LogP contribution in [0.15, 0.2) is 36.4 Å². The lowest BCUT2D eigenvalue weighted by Gasteiger charge is -2.30. The Labute approximate surface area is 204 Å². The number of fused-ring (bicyclic) bond motifs is 1. The molecule has 35 heavy (non-hydrogen) atoms. The van der Waals surface area contributed by atoms with Crippen molar-refractivity contribution in [3.63, 3.8) is 0 Å². The van der Waals surface area contributed by atoms with Gasteiger partial charge in [-0.05, 0) is 49.2 Å². The number of anilines is 1. The largest absolute Gasteiger partial charge is 0.493 e. The molecule has 9 heteroatoms. The minimum Gasteiger partial charge on any atom is -0.493 e. The van der Waals surface area contributed by atoms with Gasteiger partial charge in [0.1, 0.15) is 5.75 Å². The van der Waals surface area contributed by atoms with Gasteiger partial charge in [0.2, 0.25) is 5.91 Å². The molecule has 0 unspecified atom stereocenters. The molecule has 0 spiro atoms. The van der Waals surface area contributed by atoms with Crippen LogP contribution < -0.4 is 19.1 Å². The second kappa shape index (κ2) is 11.2. The Morgan fingerprint density at radius 2 is 1.86 bits per heavy atom. The average molecular weight is 483 g/mol. The summed E-state index contributed by atoms with van der Waals surface area (Å²) in [4.78, 5) is 41.3. The number of ketones is 1. The molecule has 0 saturated carbocycles. The molecule has 0 bridgehead atoms. The molecule has 0 aromatic heterocycles. The molecule has 2 amide bonds. The number of nitrogens with zero attached hydrogens (tertiary/aromatic N) is 2. The van der Waals surface area contributed by atoms with Crippen LogP contribution >= 0.6 is 0 Å². The first kappa shape index (κ1) is 24.5. The number of morpholine rings is 1. The minimum absolute atomic E-state index is 0.0573. The fraction of sp³-hybridized carbons (Fsp3) is 0.423. The van der Waals surface area contributed by atoms with Crippen LogP contribution in [0.1, 0.15) is 28.8 Å². The molecular weight excluding hydrogens is 452 g/mol. The maximum Gasteiger partial charge on any atom is 0.265 e. The normalized spacial score (nSPS) is 15.3. The number of ether oxygens (including phenoxy) is 4. The summed E-state index contributed by atoms with van der Waals surface area (Å²) in [5.74, 6) is 1.18. The van der Waals surface area contributed by atoms with E-state index in [4.69, 9.17) is 18.9 Å². The number of carbonyl (C=O) groups is 3. The summed E-state index contributed by atoms with van der Waals surface area (Å²) in [6, 6.07) is 10.5. The van der Waals surface area contributed by atoms with Gasteiger partial charge in [0.25, 0.3) is 5.91 Å². The maximum absolute atomic E-state index is 12.9. The van der Waals surface area contributed by atoms with Crippen molar-refractivity contribution < 1.29 is 33.3 Å². The summed E-state index contributed by atoms with van der Waals surface area (Å²) < 4.78 is 21.9. The molecule has 0 N–H and O–H groups in total. The SMILES string of the molecule is COc1cc(C)ccc1OCC(=O)c1ccc2c(c1)N(CCCC(=O)N1CCOCC1)C(=O)CO2. The molecule has 2 aromatic carbocycles. The van der Waals surface area contributed by atoms with Gasteiger partial charge in [-0.15, -0.1) is 0 Å². The second-order valence-corrected chi connectivity index (χ2v) is 8.48. The van der Waals surface area contributed by atoms with Crippen LogP contribution in [0, 0.1) is 6.92 Å². The van der Waals surface area contributed by atoms with Crippen LogP contribution in [0.5, 0.6) is 17.2 Å². The van der Waals surface area contributed by atoms with Crippen molar-refractivity contribution in [1.29, 1.82) is 0 Å². The highest BCUT2D eigenvalue weighted by atomic mass is 16.5. The molecule has 2 aromatic rings. The van der Waals surface area contributed by atoms with Gasteiger partial charge in [-0.25, -0.2) is 0 Å². The van der Waals surface area contributed by atoms with Gasteiger partial charge in [-0.1, -0.05) is 6.07 Å². The summed E-state index contributed by atoms with van der Waals surface area (Å²) >= 11 is 0. The average Bonchev–Trinajstić information content (AvgIpc) is 2.89. The molecule has 0 aliphatic carbocycles. The lowest BCUT2D eigenvalue weighted by Crippen LogP contribution is -2.42. The molecular formula is C26H30N2O7. The summed E-state index contributed by atoms with van der Waals surface area (Å²) in [5, 5.41) is 0. The third-order valence-electron chi connectivity index (χ3n) is 6.04. The van der Waals surface area contributed by atoms with Crippen LogP contribution in [0.3, 0.4) is 0 Å². The molecule has 2 heterocycles. The fourth-order valence-electron chi connectivity index (χ4n) is 4.10. The van der Waals surface area contributed by atoms with Crippen molar-refractivity contribution in [2.24, 2.45) is 0 Å². The van der Waals surface area contributed by atoms with Crippen LogP contribution in [0.25, 0.3) is 0 Å². The van der Waals surface area contributed by atoms with Crippen molar-refractivity contribution in [1.82, 2.24) is 4.90 Å². The topological polar surface area (TPSA) is 94.6 Å². The minimum atomic E-state index is -0.240. The Bertz CT molecular complexity index is 1100. The van der Waals surface area contributed by atoms with E-state index >= 15 is 0 Å². The highest BCUT2D eigenvalue weighted by Crippen LogP contribution is 2.34. The maximum atomic E-state index is 12.9. The van der Waals surface area contributed by atoms with Gasteiger partial charge >= 0.3 is 0 Å². The number of Topliss-reactive ketones (excluding diaryl/α,β-unsaturated/α-hetero) is 1. The van der Waals surface area contributed by atoms with E-state index in [9.17, 15) is 14.4 Å². The van der Waals surface area contributed by atoms with Gasteiger partial charge in [0.05, 0.1) is 26.0 Å². The molecule has 4 rings (SSSR count). The van der Waals surface area contributed by atoms with Crippen molar-refractivity contribution in [3.8, 4) is 17.2 Å². The number of benzene rings is 2. The predicted molar refractivity (Wildman–Crippen MR) is 128 cm³/mol. The van der Waals surface area contributed by atoms with Crippen molar-refractivity contribution >= 4 is 23.3 Å². The molecule has 0 atom stereocenters. The molecule has 186 valence electrons. The molecule has 0 radical (unpaired) electrons. The van der Waals surface area contributed by atoms with Crippen molar-refractivity contribution in [3.05, 3.63) is 47.5 Å². The van der Waals surface area contributed by atoms with Gasteiger partial charge in [0, 0.05) is 31.6 Å². The Morgan fingerprint density at radius 1 is 1.06 bits per heavy atom. The Kier molecular flexibility index (Phi) is 7.87. The highest BCUT2D eigenvalue weighted by Gasteiger charge is 2.27. The predicted octanol–water partition coefficient (Wildman–Crippen LogP) is 2.63. The van der Waals surface area contributed by atoms with Crippen LogP contribution in [-0.4, -0.2) is 75.7 Å². The Hall–Kier alpha value is -3.59. The number of methoxy groups -OCH3 is 1. The smallest absolute Gasteiger partial charge is 0.265 e. The van der Waals surface area contributed by atoms with Gasteiger partial charge < -0.3 is 28.7 Å². The van der Waals surface area contributed by atoms with Gasteiger partial charge in [0.15, 0.2) is 30.5 Å². The van der Waals surface area contributed by atoms with E-state index < -0.39 is 0 Å². The first-order chi connectivity index (χ1) is 17.0. The van der Waals surface area contributed by atoms with E-state index in [0.717, 1.165) is 5.56 Å². The summed E-state index contributed by atoms with van der Waals surface area (Å²) in [6.45, 7) is 4.35. The van der Waals surface area contributed by atoms with E-state index in [0.29, 0.717) is 74.2 Å². The second-order valence-electron chi connectivity index (χ2n) is 8.48. The van der Waals surface area contributed by atoms with E-state index in [1.807, 2.05) is 19.1 Å². The number of aryl methyl sites for hydroxylation is 1. The number of rotatable bonds is 9. The highest BCUT2D eigenvalue weighted by molar-refractivity contribution is 6.02. The standard InChI is InChI=1S/C26H30N2O7/c1-18-5-7-23(24(14-18)32-2)34-16-21(29)19-6-8-22-20(15-19)28(26(31)17-35-22)9-3-4-25(30)27-10-12-33-13-11-27/h5-8,14-15H,3-4,9-13,16-17H2,1-2H3. The van der Waals surface area contributed by atoms with Crippen molar-refractivity contribution in [2.45, 2.75) is 19.8 Å². The lowest BCUT2D eigenvalue weighted by atomic mass is 10.1. The first-order valence-electron chi connectivity index (χ1n) is 11.7. The zero-order valence-corrected chi connectivity index (χ0v) is 20.1. The van der Waals surface area contributed by atoms with E-state index in [2.05, 4.69) is 0 Å². The lowest BCUT2D eigenvalue weighted by molar-refractivity contribution is -0.135. The quantitative estimate of drug-likeness (QED) is 0.507. The Balaban J connectivity index is 1.40. The third kappa shape index (κ3) is 5.92. The first-order valence-corrected chi connectivity index (χ1v) is 11.7. The number of hydrogen-bond donors (Lipinski definition) is 0. The number of carbonyl (C=O) groups excluding carboxylic acids is 3. The monoisotopic (exact) mass is 482 g/mol. The van der Waals surface area contributed by atoms with Gasteiger partial charge in [-0.2, -0.15) is 0 Å². The van der Waals surface area contributed by atoms with Crippen LogP contribution in [0.2, 0.25) is 0 Å². The Morgan fingerprint density at radius 3 is 2.63 bits per heavy atom. The molecule has 2 aliphatic heterocycles. The zero-order chi connectivity index (χ0) is 24.8. The fourth-order valence-corrected chi connectivity index (χ4v) is 4.10. The number of amides is 2. The zero-order valence-electron chi connectivity index (χ0n) is 20.1. The third-order valence-corrected chi connectivity index (χ3v) is 6.04. The van der Waals surface area contributed by atoms with Crippen LogP contribution in [0.4, 0.5) is 5.69 Å².